The van der Waals surface area contributed by atoms with Crippen LogP contribution >= 0.6 is 47.2 Å². The third-order valence-electron chi connectivity index (χ3n) is 3.07. The van der Waals surface area contributed by atoms with Gasteiger partial charge in [0.05, 0.1) is 7.11 Å². The number of nitrogens with one attached hydrogen (secondary N) is 1. The van der Waals surface area contributed by atoms with Crippen LogP contribution < -0.4 is 15.8 Å². The number of halogens is 3. The van der Waals surface area contributed by atoms with Gasteiger partial charge >= 0.3 is 0 Å². The van der Waals surface area contributed by atoms with Gasteiger partial charge in [-0.3, -0.25) is 4.99 Å². The molecule has 0 spiro atoms. The van der Waals surface area contributed by atoms with Gasteiger partial charge in [0.25, 0.3) is 0 Å². The lowest BCUT2D eigenvalue weighted by atomic mass is 10.1. The van der Waals surface area contributed by atoms with Crippen molar-refractivity contribution in [2.45, 2.75) is 6.42 Å². The van der Waals surface area contributed by atoms with E-state index in [1.165, 1.54) is 0 Å². The average molecular weight is 466 g/mol. The summed E-state index contributed by atoms with van der Waals surface area (Å²) in [6, 6.07) is 12.9. The Kier molecular flexibility index (Phi) is 8.51. The summed E-state index contributed by atoms with van der Waals surface area (Å²) in [5.74, 6) is 1.13. The van der Waals surface area contributed by atoms with Crippen LogP contribution in [0, 0.1) is 0 Å². The highest BCUT2D eigenvalue weighted by Crippen LogP contribution is 2.24. The van der Waals surface area contributed by atoms with E-state index in [-0.39, 0.29) is 24.0 Å². The van der Waals surface area contributed by atoms with Gasteiger partial charge in [0, 0.05) is 22.3 Å². The summed E-state index contributed by atoms with van der Waals surface area (Å²) < 4.78 is 5.10. The fourth-order valence-electron chi connectivity index (χ4n) is 1.92. The molecule has 4 nitrogen and oxygen atoms in total. The number of aliphatic imine (C=N–C) groups is 1. The first-order chi connectivity index (χ1) is 10.6. The number of nitrogens with two attached hydrogens (primary N) is 1. The minimum atomic E-state index is 0. The summed E-state index contributed by atoms with van der Waals surface area (Å²) in [6.07, 6.45) is 0.628. The van der Waals surface area contributed by atoms with Crippen molar-refractivity contribution >= 4 is 58.8 Å². The van der Waals surface area contributed by atoms with E-state index in [2.05, 4.69) is 10.3 Å². The van der Waals surface area contributed by atoms with Gasteiger partial charge in [-0.1, -0.05) is 29.3 Å². The van der Waals surface area contributed by atoms with Crippen LogP contribution in [0.5, 0.6) is 5.75 Å². The molecule has 3 N–H and O–H groups in total. The second kappa shape index (κ2) is 9.85. The summed E-state index contributed by atoms with van der Waals surface area (Å²) in [7, 11) is 1.62. The summed E-state index contributed by atoms with van der Waals surface area (Å²) in [5.41, 5.74) is 7.58. The second-order valence-electron chi connectivity index (χ2n) is 4.57. The molecule has 2 aromatic carbocycles. The molecule has 0 atom stereocenters. The predicted octanol–water partition coefficient (Wildman–Crippen LogP) is 4.59. The van der Waals surface area contributed by atoms with E-state index in [0.717, 1.165) is 17.0 Å². The minimum absolute atomic E-state index is 0. The zero-order valence-electron chi connectivity index (χ0n) is 12.6. The van der Waals surface area contributed by atoms with E-state index in [9.17, 15) is 0 Å². The molecule has 0 saturated heterocycles. The van der Waals surface area contributed by atoms with Gasteiger partial charge in [0.15, 0.2) is 5.96 Å². The van der Waals surface area contributed by atoms with Crippen molar-refractivity contribution in [2.75, 3.05) is 19.0 Å². The van der Waals surface area contributed by atoms with Gasteiger partial charge in [-0.25, -0.2) is 0 Å². The number of rotatable bonds is 5. The van der Waals surface area contributed by atoms with Crippen LogP contribution in [0.15, 0.2) is 47.5 Å². The number of benzene rings is 2. The van der Waals surface area contributed by atoms with Crippen LogP contribution in [0.2, 0.25) is 10.0 Å². The molecule has 0 aliphatic heterocycles. The molecule has 23 heavy (non-hydrogen) atoms. The third kappa shape index (κ3) is 6.08. The van der Waals surface area contributed by atoms with Crippen LogP contribution in [-0.4, -0.2) is 19.6 Å². The van der Waals surface area contributed by atoms with E-state index >= 15 is 0 Å². The lowest BCUT2D eigenvalue weighted by Gasteiger charge is -2.08. The fourth-order valence-corrected chi connectivity index (χ4v) is 2.51. The number of guanidine groups is 1. The van der Waals surface area contributed by atoms with Crippen molar-refractivity contribution in [1.82, 2.24) is 0 Å². The Morgan fingerprint density at radius 3 is 2.30 bits per heavy atom. The monoisotopic (exact) mass is 465 g/mol. The molecular weight excluding hydrogens is 448 g/mol. The Balaban J connectivity index is 0.00000264. The minimum Gasteiger partial charge on any atom is -0.497 e. The quantitative estimate of drug-likeness (QED) is 0.385. The first kappa shape index (κ1) is 19.9. The molecule has 124 valence electrons. The van der Waals surface area contributed by atoms with Crippen LogP contribution in [0.4, 0.5) is 5.69 Å². The fraction of sp³-hybridized carbons (Fsp3) is 0.188. The van der Waals surface area contributed by atoms with Crippen molar-refractivity contribution in [3.63, 3.8) is 0 Å². The zero-order valence-corrected chi connectivity index (χ0v) is 16.4. The van der Waals surface area contributed by atoms with Gasteiger partial charge in [0.2, 0.25) is 0 Å². The molecule has 0 amide bonds. The maximum absolute atomic E-state index is 6.11. The standard InChI is InChI=1S/C16H17Cl2N3O.HI/c1-22-12-7-5-11(6-8-12)21-16(19)20-10-9-13-14(17)3-2-4-15(13)18;/h2-8H,9-10H2,1H3,(H3,19,20,21);1H. The average Bonchev–Trinajstić information content (AvgIpc) is 2.51. The van der Waals surface area contributed by atoms with Gasteiger partial charge in [-0.05, 0) is 48.4 Å². The molecule has 0 saturated carbocycles. The summed E-state index contributed by atoms with van der Waals surface area (Å²) >= 11 is 12.2. The van der Waals surface area contributed by atoms with Crippen LogP contribution in [0.3, 0.4) is 0 Å². The maximum atomic E-state index is 6.11. The van der Waals surface area contributed by atoms with Crippen molar-refractivity contribution < 1.29 is 4.74 Å². The van der Waals surface area contributed by atoms with E-state index in [1.54, 1.807) is 7.11 Å². The SMILES string of the molecule is COc1ccc(NC(N)=NCCc2c(Cl)cccc2Cl)cc1.I. The lowest BCUT2D eigenvalue weighted by molar-refractivity contribution is 0.415. The zero-order chi connectivity index (χ0) is 15.9. The normalized spacial score (nSPS) is 10.8. The van der Waals surface area contributed by atoms with Crippen molar-refractivity contribution in [3.8, 4) is 5.75 Å². The summed E-state index contributed by atoms with van der Waals surface area (Å²) in [6.45, 7) is 0.498. The predicted molar refractivity (Wildman–Crippen MR) is 109 cm³/mol. The van der Waals surface area contributed by atoms with Gasteiger partial charge in [-0.2, -0.15) is 0 Å². The molecule has 0 fully saturated rings. The van der Waals surface area contributed by atoms with Crippen molar-refractivity contribution in [2.24, 2.45) is 10.7 Å². The highest BCUT2D eigenvalue weighted by molar-refractivity contribution is 14.0. The highest BCUT2D eigenvalue weighted by Gasteiger charge is 2.04. The first-order valence-corrected chi connectivity index (χ1v) is 7.49. The largest absolute Gasteiger partial charge is 0.497 e. The van der Waals surface area contributed by atoms with Crippen LogP contribution in [-0.2, 0) is 6.42 Å². The summed E-state index contributed by atoms with van der Waals surface area (Å²) in [4.78, 5) is 4.27. The Bertz CT molecular complexity index is 643. The molecule has 7 heteroatoms. The van der Waals surface area contributed by atoms with Gasteiger partial charge in [0.1, 0.15) is 5.75 Å². The smallest absolute Gasteiger partial charge is 0.193 e. The molecule has 0 radical (unpaired) electrons. The topological polar surface area (TPSA) is 59.6 Å². The molecule has 0 aliphatic carbocycles. The van der Waals surface area contributed by atoms with E-state index in [1.807, 2.05) is 42.5 Å². The molecule has 2 rings (SSSR count). The Labute approximate surface area is 163 Å². The number of hydrogen-bond acceptors (Lipinski definition) is 2. The van der Waals surface area contributed by atoms with Gasteiger partial charge < -0.3 is 15.8 Å². The van der Waals surface area contributed by atoms with Crippen LogP contribution in [0.25, 0.3) is 0 Å². The highest BCUT2D eigenvalue weighted by atomic mass is 127. The Morgan fingerprint density at radius 1 is 1.13 bits per heavy atom. The molecule has 2 aromatic rings. The molecule has 0 heterocycles. The number of nitrogens with zero attached hydrogens (tertiary/aromatic N) is 1. The Morgan fingerprint density at radius 2 is 1.74 bits per heavy atom. The number of anilines is 1. The van der Waals surface area contributed by atoms with Crippen molar-refractivity contribution in [3.05, 3.63) is 58.1 Å². The number of hydrogen-bond donors (Lipinski definition) is 2. The molecule has 0 unspecified atom stereocenters. The molecule has 0 bridgehead atoms. The van der Waals surface area contributed by atoms with Crippen molar-refractivity contribution in [1.29, 1.82) is 0 Å². The number of ether oxygens (including phenoxy) is 1. The molecule has 0 aliphatic rings. The lowest BCUT2D eigenvalue weighted by Crippen LogP contribution is -2.23. The maximum Gasteiger partial charge on any atom is 0.193 e. The third-order valence-corrected chi connectivity index (χ3v) is 3.78. The van der Waals surface area contributed by atoms with E-state index in [4.69, 9.17) is 33.7 Å². The first-order valence-electron chi connectivity index (χ1n) is 6.74. The van der Waals surface area contributed by atoms with Gasteiger partial charge in [-0.15, -0.1) is 24.0 Å². The van der Waals surface area contributed by atoms with E-state index < -0.39 is 0 Å². The summed E-state index contributed by atoms with van der Waals surface area (Å²) in [5, 5.41) is 4.30. The molecule has 0 aromatic heterocycles. The van der Waals surface area contributed by atoms with Crippen LogP contribution in [0.1, 0.15) is 5.56 Å². The molecular formula is C16H18Cl2IN3O. The number of methoxy groups -OCH3 is 1. The van der Waals surface area contributed by atoms with E-state index in [0.29, 0.717) is 29.0 Å². The Hall–Kier alpha value is -1.18. The second-order valence-corrected chi connectivity index (χ2v) is 5.39.